The molecular formula is C44H41ClF3N9O5. The number of benzene rings is 3. The summed E-state index contributed by atoms with van der Waals surface area (Å²) in [5.41, 5.74) is 4.37. The predicted molar refractivity (Wildman–Crippen MR) is 224 cm³/mol. The maximum atomic E-state index is 14.7. The molecule has 2 aliphatic heterocycles. The lowest BCUT2D eigenvalue weighted by Crippen LogP contribution is -2.51. The van der Waals surface area contributed by atoms with Crippen LogP contribution in [0.3, 0.4) is 0 Å². The minimum atomic E-state index is -4.59. The van der Waals surface area contributed by atoms with Crippen molar-refractivity contribution in [1.82, 2.24) is 34.0 Å². The van der Waals surface area contributed by atoms with Crippen LogP contribution in [0, 0.1) is 6.92 Å². The van der Waals surface area contributed by atoms with E-state index in [1.54, 1.807) is 16.4 Å². The first-order valence-electron chi connectivity index (χ1n) is 20.4. The van der Waals surface area contributed by atoms with Crippen LogP contribution in [0.5, 0.6) is 5.75 Å². The normalized spacial score (nSPS) is 14.9. The standard InChI is InChI=1S/C44H41ClF3N9O5/c1-3-34-38(54-15-17-55(18-16-54)41(59)37-39(25(2)49-24-50-37)62-22-26-8-5-4-6-9-26)42(60)57-43(52-40(53-57)30-11-7-10-27-14-19-61-23-31(27)30)56(34)21-35(58)51-36-29-13-12-28(29)32(20-33(36)45)44(46,47)48/h4-11,20,24H,3,12-19,21-23H2,1-2H3,(H,51,58). The Balaban J connectivity index is 1.05. The van der Waals surface area contributed by atoms with Gasteiger partial charge in [-0.2, -0.15) is 22.7 Å². The second-order valence-electron chi connectivity index (χ2n) is 15.4. The van der Waals surface area contributed by atoms with Gasteiger partial charge in [-0.25, -0.2) is 9.97 Å². The van der Waals surface area contributed by atoms with Crippen LogP contribution in [-0.4, -0.2) is 78.6 Å². The highest BCUT2D eigenvalue weighted by Gasteiger charge is 2.39. The van der Waals surface area contributed by atoms with Gasteiger partial charge in [-0.05, 0) is 66.5 Å². The monoisotopic (exact) mass is 867 g/mol. The SMILES string of the molecule is CCc1c(N2CCN(C(=O)c3ncnc(C)c3OCc3ccccc3)CC2)c(=O)n2nc(-c3cccc4c3COCC4)nc2n1CC(=O)Nc1c(Cl)cc(C(F)(F)F)c2c1CC2. The summed E-state index contributed by atoms with van der Waals surface area (Å²) in [5, 5.41) is 7.29. The van der Waals surface area contributed by atoms with Crippen molar-refractivity contribution >= 4 is 40.6 Å². The Bertz CT molecular complexity index is 2800. The molecule has 0 atom stereocenters. The van der Waals surface area contributed by atoms with E-state index >= 15 is 0 Å². The van der Waals surface area contributed by atoms with Gasteiger partial charge < -0.3 is 29.2 Å². The number of hydrogen-bond acceptors (Lipinski definition) is 10. The van der Waals surface area contributed by atoms with Crippen molar-refractivity contribution in [2.75, 3.05) is 43.0 Å². The van der Waals surface area contributed by atoms with Crippen LogP contribution in [-0.2, 0) is 61.1 Å². The summed E-state index contributed by atoms with van der Waals surface area (Å²) in [5.74, 6) is -0.248. The number of fused-ring (bicyclic) bond motifs is 3. The van der Waals surface area contributed by atoms with Gasteiger partial charge >= 0.3 is 6.18 Å². The summed E-state index contributed by atoms with van der Waals surface area (Å²) in [6.45, 7) is 5.37. The number of carbonyl (C=O) groups is 2. The zero-order valence-corrected chi connectivity index (χ0v) is 34.6. The maximum absolute atomic E-state index is 14.7. The molecule has 18 heteroatoms. The quantitative estimate of drug-likeness (QED) is 0.168. The minimum Gasteiger partial charge on any atom is -0.485 e. The number of amides is 2. The van der Waals surface area contributed by atoms with Gasteiger partial charge in [0.05, 0.1) is 40.9 Å². The molecule has 1 aliphatic carbocycles. The molecule has 3 aromatic heterocycles. The molecule has 3 aliphatic rings. The fourth-order valence-corrected chi connectivity index (χ4v) is 8.81. The molecule has 3 aromatic carbocycles. The number of nitrogens with zero attached hydrogens (tertiary/aromatic N) is 8. The molecular weight excluding hydrogens is 827 g/mol. The van der Waals surface area contributed by atoms with Crippen LogP contribution < -0.4 is 20.5 Å². The summed E-state index contributed by atoms with van der Waals surface area (Å²) in [7, 11) is 0. The topological polar surface area (TPSA) is 149 Å². The molecule has 2 amide bonds. The Morgan fingerprint density at radius 1 is 0.968 bits per heavy atom. The Morgan fingerprint density at radius 3 is 2.47 bits per heavy atom. The molecule has 1 saturated heterocycles. The van der Waals surface area contributed by atoms with E-state index in [9.17, 15) is 27.6 Å². The molecule has 9 rings (SSSR count). The first-order chi connectivity index (χ1) is 29.9. The Kier molecular flexibility index (Phi) is 10.9. The van der Waals surface area contributed by atoms with E-state index in [1.807, 2.05) is 60.4 Å². The first kappa shape index (κ1) is 41.0. The number of anilines is 2. The molecule has 0 spiro atoms. The van der Waals surface area contributed by atoms with Gasteiger partial charge in [-0.1, -0.05) is 67.1 Å². The lowest BCUT2D eigenvalue weighted by Gasteiger charge is -2.36. The van der Waals surface area contributed by atoms with Crippen molar-refractivity contribution in [3.8, 4) is 17.1 Å². The lowest BCUT2D eigenvalue weighted by atomic mass is 9.83. The molecule has 0 saturated carbocycles. The molecule has 0 radical (unpaired) electrons. The Labute approximate surface area is 358 Å². The van der Waals surface area contributed by atoms with Gasteiger partial charge in [0.15, 0.2) is 17.3 Å². The van der Waals surface area contributed by atoms with Gasteiger partial charge in [0.1, 0.15) is 25.2 Å². The highest BCUT2D eigenvalue weighted by atomic mass is 35.5. The fraction of sp³-hybridized carbons (Fsp3) is 0.341. The van der Waals surface area contributed by atoms with Crippen LogP contribution >= 0.6 is 11.6 Å². The van der Waals surface area contributed by atoms with Crippen LogP contribution in [0.4, 0.5) is 24.5 Å². The molecule has 0 unspecified atom stereocenters. The summed E-state index contributed by atoms with van der Waals surface area (Å²) in [4.78, 5) is 59.7. The number of nitrogens with one attached hydrogen (secondary N) is 1. The minimum absolute atomic E-state index is 0.109. The van der Waals surface area contributed by atoms with Gasteiger partial charge in [-0.15, -0.1) is 5.10 Å². The third kappa shape index (κ3) is 7.52. The van der Waals surface area contributed by atoms with Crippen LogP contribution in [0.25, 0.3) is 17.2 Å². The molecule has 14 nitrogen and oxygen atoms in total. The van der Waals surface area contributed by atoms with Crippen molar-refractivity contribution in [1.29, 1.82) is 0 Å². The highest BCUT2D eigenvalue weighted by molar-refractivity contribution is 6.34. The van der Waals surface area contributed by atoms with Crippen LogP contribution in [0.1, 0.15) is 62.2 Å². The number of aryl methyl sites for hydroxylation is 1. The van der Waals surface area contributed by atoms with E-state index in [0.29, 0.717) is 60.7 Å². The van der Waals surface area contributed by atoms with Gasteiger partial charge in [-0.3, -0.25) is 14.4 Å². The van der Waals surface area contributed by atoms with E-state index in [1.165, 1.54) is 10.8 Å². The van der Waals surface area contributed by atoms with E-state index < -0.39 is 23.2 Å². The van der Waals surface area contributed by atoms with Crippen molar-refractivity contribution in [3.05, 3.63) is 127 Å². The van der Waals surface area contributed by atoms with E-state index in [2.05, 4.69) is 15.3 Å². The summed E-state index contributed by atoms with van der Waals surface area (Å²) < 4.78 is 56.1. The Hall–Kier alpha value is -6.33. The molecule has 6 aromatic rings. The number of alkyl halides is 3. The zero-order chi connectivity index (χ0) is 43.3. The molecule has 320 valence electrons. The predicted octanol–water partition coefficient (Wildman–Crippen LogP) is 6.24. The van der Waals surface area contributed by atoms with E-state index in [4.69, 9.17) is 31.2 Å². The largest absolute Gasteiger partial charge is 0.485 e. The van der Waals surface area contributed by atoms with Crippen LogP contribution in [0.15, 0.2) is 65.7 Å². The number of ether oxygens (including phenoxy) is 2. The van der Waals surface area contributed by atoms with Gasteiger partial charge in [0, 0.05) is 31.7 Å². The summed E-state index contributed by atoms with van der Waals surface area (Å²) >= 11 is 6.41. The Morgan fingerprint density at radius 2 is 1.74 bits per heavy atom. The molecule has 5 heterocycles. The molecule has 62 heavy (non-hydrogen) atoms. The molecule has 0 bridgehead atoms. The summed E-state index contributed by atoms with van der Waals surface area (Å²) in [6.07, 6.45) is -1.72. The number of carbonyl (C=O) groups excluding carboxylic acids is 2. The number of piperazine rings is 1. The lowest BCUT2D eigenvalue weighted by molar-refractivity contribution is -0.138. The average Bonchev–Trinajstić information content (AvgIpc) is 3.71. The highest BCUT2D eigenvalue weighted by Crippen LogP contribution is 2.45. The van der Waals surface area contributed by atoms with Crippen molar-refractivity contribution in [3.63, 3.8) is 0 Å². The number of aromatic nitrogens is 6. The molecule has 1 N–H and O–H groups in total. The van der Waals surface area contributed by atoms with Gasteiger partial charge in [0.2, 0.25) is 11.7 Å². The zero-order valence-electron chi connectivity index (χ0n) is 33.9. The fourth-order valence-electron chi connectivity index (χ4n) is 8.54. The number of hydrogen-bond donors (Lipinski definition) is 1. The third-order valence-electron chi connectivity index (χ3n) is 11.7. The van der Waals surface area contributed by atoms with E-state index in [-0.39, 0.29) is 90.9 Å². The van der Waals surface area contributed by atoms with Crippen molar-refractivity contribution < 1.29 is 32.2 Å². The van der Waals surface area contributed by atoms with Crippen molar-refractivity contribution in [2.24, 2.45) is 0 Å². The third-order valence-corrected chi connectivity index (χ3v) is 12.0. The van der Waals surface area contributed by atoms with Gasteiger partial charge in [0.25, 0.3) is 11.5 Å². The maximum Gasteiger partial charge on any atom is 0.416 e. The second kappa shape index (κ2) is 16.5. The van der Waals surface area contributed by atoms with Crippen LogP contribution in [0.2, 0.25) is 5.02 Å². The molecule has 1 fully saturated rings. The number of halogens is 4. The average molecular weight is 868 g/mol. The second-order valence-corrected chi connectivity index (χ2v) is 15.8. The summed E-state index contributed by atoms with van der Waals surface area (Å²) in [6, 6.07) is 16.2. The smallest absolute Gasteiger partial charge is 0.416 e. The van der Waals surface area contributed by atoms with E-state index in [0.717, 1.165) is 22.8 Å². The number of rotatable bonds is 10. The first-order valence-corrected chi connectivity index (χ1v) is 20.7. The van der Waals surface area contributed by atoms with Crippen molar-refractivity contribution in [2.45, 2.75) is 65.5 Å².